The van der Waals surface area contributed by atoms with E-state index in [4.69, 9.17) is 9.47 Å². The first-order valence-corrected chi connectivity index (χ1v) is 5.78. The Morgan fingerprint density at radius 3 is 3.18 bits per heavy atom. The standard InChI is InChI=1S/C13H12N2O2/c1-2-4-11-9(3-1)12-8(6-16-11)7-17-13-10(12)5-14-15-13/h1-5,10,13,15H,6-7H2. The van der Waals surface area contributed by atoms with Crippen molar-refractivity contribution in [2.24, 2.45) is 11.0 Å². The molecular formula is C13H12N2O2. The Morgan fingerprint density at radius 1 is 1.24 bits per heavy atom. The lowest BCUT2D eigenvalue weighted by atomic mass is 9.85. The molecule has 1 aromatic carbocycles. The minimum absolute atomic E-state index is 0.0140. The van der Waals surface area contributed by atoms with Crippen molar-refractivity contribution in [2.75, 3.05) is 13.2 Å². The fraction of sp³-hybridized carbons (Fsp3) is 0.308. The topological polar surface area (TPSA) is 42.9 Å². The SMILES string of the molecule is C1=NNC2OCC3=C(c4ccccc4OC3)C12. The van der Waals surface area contributed by atoms with E-state index < -0.39 is 0 Å². The molecule has 1 aromatic rings. The van der Waals surface area contributed by atoms with Gasteiger partial charge in [-0.3, -0.25) is 5.43 Å². The molecule has 0 fully saturated rings. The second-order valence-corrected chi connectivity index (χ2v) is 4.47. The molecule has 0 aromatic heterocycles. The molecular weight excluding hydrogens is 216 g/mol. The molecule has 0 radical (unpaired) electrons. The van der Waals surface area contributed by atoms with Gasteiger partial charge in [-0.15, -0.1) is 0 Å². The number of ether oxygens (including phenoxy) is 2. The summed E-state index contributed by atoms with van der Waals surface area (Å²) in [7, 11) is 0. The highest BCUT2D eigenvalue weighted by molar-refractivity contribution is 5.89. The summed E-state index contributed by atoms with van der Waals surface area (Å²) in [6.45, 7) is 1.25. The molecule has 86 valence electrons. The van der Waals surface area contributed by atoms with E-state index in [-0.39, 0.29) is 12.1 Å². The lowest BCUT2D eigenvalue weighted by Crippen LogP contribution is -2.38. The zero-order chi connectivity index (χ0) is 11.2. The molecule has 3 heterocycles. The van der Waals surface area contributed by atoms with Crippen LogP contribution in [0.4, 0.5) is 0 Å². The summed E-state index contributed by atoms with van der Waals surface area (Å²) in [5.74, 6) is 1.18. The average molecular weight is 228 g/mol. The van der Waals surface area contributed by atoms with E-state index in [0.29, 0.717) is 13.2 Å². The first kappa shape index (κ1) is 9.24. The Balaban J connectivity index is 1.90. The van der Waals surface area contributed by atoms with E-state index in [9.17, 15) is 0 Å². The van der Waals surface area contributed by atoms with Crippen molar-refractivity contribution in [3.05, 3.63) is 35.4 Å². The Morgan fingerprint density at radius 2 is 2.18 bits per heavy atom. The van der Waals surface area contributed by atoms with E-state index in [1.165, 1.54) is 16.7 Å². The molecule has 0 aliphatic carbocycles. The number of nitrogens with one attached hydrogen (secondary N) is 1. The van der Waals surface area contributed by atoms with Gasteiger partial charge in [-0.2, -0.15) is 5.10 Å². The van der Waals surface area contributed by atoms with Crippen LogP contribution in [-0.2, 0) is 4.74 Å². The molecule has 4 nitrogen and oxygen atoms in total. The maximum Gasteiger partial charge on any atom is 0.155 e. The number of hydrogen-bond acceptors (Lipinski definition) is 4. The Labute approximate surface area is 98.9 Å². The van der Waals surface area contributed by atoms with Gasteiger partial charge in [0.05, 0.1) is 12.5 Å². The van der Waals surface area contributed by atoms with Gasteiger partial charge >= 0.3 is 0 Å². The molecule has 4 heteroatoms. The van der Waals surface area contributed by atoms with Crippen LogP contribution in [0.15, 0.2) is 34.9 Å². The van der Waals surface area contributed by atoms with Gasteiger partial charge < -0.3 is 9.47 Å². The van der Waals surface area contributed by atoms with Crippen LogP contribution in [0.2, 0.25) is 0 Å². The summed E-state index contributed by atoms with van der Waals surface area (Å²) in [5, 5.41) is 4.12. The fourth-order valence-electron chi connectivity index (χ4n) is 2.70. The zero-order valence-electron chi connectivity index (χ0n) is 9.22. The van der Waals surface area contributed by atoms with E-state index >= 15 is 0 Å². The third kappa shape index (κ3) is 1.24. The van der Waals surface area contributed by atoms with Crippen LogP contribution in [0.5, 0.6) is 5.75 Å². The maximum atomic E-state index is 5.74. The number of hydrazone groups is 1. The Kier molecular flexibility index (Phi) is 1.82. The van der Waals surface area contributed by atoms with Gasteiger partial charge in [0.1, 0.15) is 12.4 Å². The smallest absolute Gasteiger partial charge is 0.155 e. The normalized spacial score (nSPS) is 28.9. The molecule has 0 spiro atoms. The Hall–Kier alpha value is -1.81. The number of benzene rings is 1. The Bertz CT molecular complexity index is 536. The second kappa shape index (κ2) is 3.34. The largest absolute Gasteiger partial charge is 0.489 e. The summed E-state index contributed by atoms with van der Waals surface area (Å²) in [4.78, 5) is 0. The minimum atomic E-state index is -0.0140. The predicted molar refractivity (Wildman–Crippen MR) is 63.7 cm³/mol. The first-order chi connectivity index (χ1) is 8.43. The fourth-order valence-corrected chi connectivity index (χ4v) is 2.70. The summed E-state index contributed by atoms with van der Waals surface area (Å²) in [6, 6.07) is 8.17. The van der Waals surface area contributed by atoms with Crippen molar-refractivity contribution in [1.82, 2.24) is 5.43 Å². The van der Waals surface area contributed by atoms with Crippen molar-refractivity contribution in [3.8, 4) is 5.75 Å². The van der Waals surface area contributed by atoms with Crippen LogP contribution in [0.25, 0.3) is 5.57 Å². The molecule has 0 amide bonds. The van der Waals surface area contributed by atoms with Crippen molar-refractivity contribution in [2.45, 2.75) is 6.23 Å². The second-order valence-electron chi connectivity index (χ2n) is 4.47. The predicted octanol–water partition coefficient (Wildman–Crippen LogP) is 1.39. The van der Waals surface area contributed by atoms with Gasteiger partial charge in [0.25, 0.3) is 0 Å². The first-order valence-electron chi connectivity index (χ1n) is 5.78. The summed E-state index contributed by atoms with van der Waals surface area (Å²) in [5.41, 5.74) is 6.74. The van der Waals surface area contributed by atoms with Crippen LogP contribution in [0.3, 0.4) is 0 Å². The van der Waals surface area contributed by atoms with E-state index in [2.05, 4.69) is 16.6 Å². The van der Waals surface area contributed by atoms with Crippen molar-refractivity contribution >= 4 is 11.8 Å². The number of para-hydroxylation sites is 1. The van der Waals surface area contributed by atoms with E-state index in [0.717, 1.165) is 5.75 Å². The maximum absolute atomic E-state index is 5.74. The highest BCUT2D eigenvalue weighted by atomic mass is 16.5. The summed E-state index contributed by atoms with van der Waals surface area (Å²) >= 11 is 0. The molecule has 3 aliphatic rings. The van der Waals surface area contributed by atoms with E-state index in [1.54, 1.807) is 0 Å². The van der Waals surface area contributed by atoms with Crippen LogP contribution in [0.1, 0.15) is 5.56 Å². The number of fused-ring (bicyclic) bond motifs is 4. The highest BCUT2D eigenvalue weighted by Gasteiger charge is 2.37. The van der Waals surface area contributed by atoms with Crippen LogP contribution >= 0.6 is 0 Å². The molecule has 0 saturated heterocycles. The van der Waals surface area contributed by atoms with E-state index in [1.807, 2.05) is 24.4 Å². The third-order valence-corrected chi connectivity index (χ3v) is 3.49. The highest BCUT2D eigenvalue weighted by Crippen LogP contribution is 2.41. The number of rotatable bonds is 0. The van der Waals surface area contributed by atoms with Crippen LogP contribution < -0.4 is 10.2 Å². The third-order valence-electron chi connectivity index (χ3n) is 3.49. The monoisotopic (exact) mass is 228 g/mol. The quantitative estimate of drug-likeness (QED) is 0.729. The summed E-state index contributed by atoms with van der Waals surface area (Å²) in [6.07, 6.45) is 1.92. The van der Waals surface area contributed by atoms with Crippen molar-refractivity contribution < 1.29 is 9.47 Å². The van der Waals surface area contributed by atoms with Crippen molar-refractivity contribution in [1.29, 1.82) is 0 Å². The molecule has 2 unspecified atom stereocenters. The van der Waals surface area contributed by atoms with Gasteiger partial charge in [0.15, 0.2) is 6.23 Å². The molecule has 0 bridgehead atoms. The summed E-state index contributed by atoms with van der Waals surface area (Å²) < 4.78 is 11.5. The molecule has 0 saturated carbocycles. The lowest BCUT2D eigenvalue weighted by Gasteiger charge is -2.33. The van der Waals surface area contributed by atoms with Gasteiger partial charge in [-0.1, -0.05) is 18.2 Å². The number of hydrogen-bond donors (Lipinski definition) is 1. The van der Waals surface area contributed by atoms with Gasteiger partial charge in [0.2, 0.25) is 0 Å². The van der Waals surface area contributed by atoms with Gasteiger partial charge in [-0.05, 0) is 17.2 Å². The molecule has 3 aliphatic heterocycles. The van der Waals surface area contributed by atoms with Crippen LogP contribution in [0, 0.1) is 5.92 Å². The molecule has 1 N–H and O–H groups in total. The average Bonchev–Trinajstić information content (AvgIpc) is 2.86. The number of nitrogens with zero attached hydrogens (tertiary/aromatic N) is 1. The van der Waals surface area contributed by atoms with Crippen LogP contribution in [-0.4, -0.2) is 25.7 Å². The van der Waals surface area contributed by atoms with Gasteiger partial charge in [-0.25, -0.2) is 0 Å². The lowest BCUT2D eigenvalue weighted by molar-refractivity contribution is 0.0297. The van der Waals surface area contributed by atoms with Crippen molar-refractivity contribution in [3.63, 3.8) is 0 Å². The molecule has 2 atom stereocenters. The molecule has 17 heavy (non-hydrogen) atoms. The van der Waals surface area contributed by atoms with Gasteiger partial charge in [0, 0.05) is 11.8 Å². The minimum Gasteiger partial charge on any atom is -0.489 e. The zero-order valence-corrected chi connectivity index (χ0v) is 9.22. The molecule has 4 rings (SSSR count).